The van der Waals surface area contributed by atoms with Gasteiger partial charge in [0, 0.05) is 6.04 Å². The minimum absolute atomic E-state index is 0.0882. The maximum Gasteiger partial charge on any atom is 0.119 e. The van der Waals surface area contributed by atoms with Crippen molar-refractivity contribution in [3.63, 3.8) is 0 Å². The van der Waals surface area contributed by atoms with Crippen LogP contribution >= 0.6 is 0 Å². The van der Waals surface area contributed by atoms with Crippen LogP contribution in [0.5, 0.6) is 5.75 Å². The Hall–Kier alpha value is -1.10. The van der Waals surface area contributed by atoms with Crippen LogP contribution in [0.1, 0.15) is 30.9 Å². The third-order valence-corrected chi connectivity index (χ3v) is 3.45. The van der Waals surface area contributed by atoms with Crippen molar-refractivity contribution in [1.29, 1.82) is 0 Å². The van der Waals surface area contributed by atoms with Gasteiger partial charge >= 0.3 is 0 Å². The molecule has 1 saturated carbocycles. The third-order valence-electron chi connectivity index (χ3n) is 3.45. The molecule has 4 heteroatoms. The first-order valence-corrected chi connectivity index (χ1v) is 6.40. The van der Waals surface area contributed by atoms with Crippen molar-refractivity contribution in [2.24, 2.45) is 5.73 Å². The van der Waals surface area contributed by atoms with Crippen LogP contribution in [0, 0.1) is 0 Å². The van der Waals surface area contributed by atoms with Crippen LogP contribution in [-0.2, 0) is 4.74 Å². The second-order valence-electron chi connectivity index (χ2n) is 4.76. The predicted octanol–water partition coefficient (Wildman–Crippen LogP) is 1.62. The molecule has 100 valence electrons. The van der Waals surface area contributed by atoms with Crippen molar-refractivity contribution in [2.75, 3.05) is 13.7 Å². The van der Waals surface area contributed by atoms with E-state index in [0.29, 0.717) is 0 Å². The van der Waals surface area contributed by atoms with E-state index in [4.69, 9.17) is 15.2 Å². The van der Waals surface area contributed by atoms with E-state index in [9.17, 15) is 5.11 Å². The number of aliphatic hydroxyl groups is 1. The van der Waals surface area contributed by atoms with Gasteiger partial charge in [-0.1, -0.05) is 12.1 Å². The molecule has 1 aromatic carbocycles. The number of nitrogens with two attached hydrogens (primary N) is 1. The fraction of sp³-hybridized carbons (Fsp3) is 0.571. The van der Waals surface area contributed by atoms with Gasteiger partial charge in [0.15, 0.2) is 0 Å². The summed E-state index contributed by atoms with van der Waals surface area (Å²) in [5.74, 6) is 0.740. The first-order chi connectivity index (χ1) is 8.70. The highest BCUT2D eigenvalue weighted by molar-refractivity contribution is 5.29. The number of hydrogen-bond donors (Lipinski definition) is 2. The number of aliphatic hydroxyl groups excluding tert-OH is 1. The number of ether oxygens (including phenoxy) is 2. The molecule has 3 unspecified atom stereocenters. The van der Waals surface area contributed by atoms with Gasteiger partial charge in [-0.05, 0) is 37.0 Å². The van der Waals surface area contributed by atoms with Gasteiger partial charge in [-0.2, -0.15) is 0 Å². The molecule has 0 aromatic heterocycles. The Bertz CT molecular complexity index is 383. The number of methoxy groups -OCH3 is 1. The van der Waals surface area contributed by atoms with Crippen LogP contribution in [0.4, 0.5) is 0 Å². The van der Waals surface area contributed by atoms with Gasteiger partial charge in [-0.15, -0.1) is 0 Å². The molecule has 1 aliphatic rings. The molecule has 4 nitrogen and oxygen atoms in total. The van der Waals surface area contributed by atoms with Crippen LogP contribution in [-0.4, -0.2) is 31.0 Å². The zero-order valence-corrected chi connectivity index (χ0v) is 10.7. The molecule has 2 rings (SSSR count). The topological polar surface area (TPSA) is 64.7 Å². The Morgan fingerprint density at radius 2 is 2.28 bits per heavy atom. The number of rotatable bonds is 5. The Kier molecular flexibility index (Phi) is 4.58. The summed E-state index contributed by atoms with van der Waals surface area (Å²) in [6, 6.07) is 7.51. The molecular weight excluding hydrogens is 230 g/mol. The van der Waals surface area contributed by atoms with Gasteiger partial charge in [0.1, 0.15) is 11.9 Å². The Labute approximate surface area is 108 Å². The zero-order valence-electron chi connectivity index (χ0n) is 10.7. The van der Waals surface area contributed by atoms with Crippen LogP contribution in [0.25, 0.3) is 0 Å². The Balaban J connectivity index is 1.88. The van der Waals surface area contributed by atoms with E-state index in [-0.39, 0.29) is 18.8 Å². The van der Waals surface area contributed by atoms with Crippen molar-refractivity contribution in [1.82, 2.24) is 0 Å². The molecule has 0 amide bonds. The zero-order chi connectivity index (χ0) is 13.0. The summed E-state index contributed by atoms with van der Waals surface area (Å²) >= 11 is 0. The molecule has 1 fully saturated rings. The van der Waals surface area contributed by atoms with Crippen LogP contribution in [0.3, 0.4) is 0 Å². The van der Waals surface area contributed by atoms with E-state index in [1.54, 1.807) is 7.11 Å². The van der Waals surface area contributed by atoms with Crippen LogP contribution < -0.4 is 10.5 Å². The maximum absolute atomic E-state index is 10.1. The van der Waals surface area contributed by atoms with Crippen molar-refractivity contribution >= 4 is 0 Å². The van der Waals surface area contributed by atoms with E-state index in [0.717, 1.165) is 30.6 Å². The van der Waals surface area contributed by atoms with E-state index in [1.165, 1.54) is 0 Å². The van der Waals surface area contributed by atoms with Gasteiger partial charge < -0.3 is 20.3 Å². The molecule has 3 atom stereocenters. The minimum Gasteiger partial charge on any atom is -0.497 e. The van der Waals surface area contributed by atoms with Gasteiger partial charge in [0.25, 0.3) is 0 Å². The van der Waals surface area contributed by atoms with Crippen molar-refractivity contribution < 1.29 is 14.6 Å². The van der Waals surface area contributed by atoms with E-state index >= 15 is 0 Å². The molecule has 1 aromatic rings. The summed E-state index contributed by atoms with van der Waals surface area (Å²) in [6.07, 6.45) is 2.57. The lowest BCUT2D eigenvalue weighted by Crippen LogP contribution is -2.32. The molecule has 0 saturated heterocycles. The van der Waals surface area contributed by atoms with Gasteiger partial charge in [-0.25, -0.2) is 0 Å². The third kappa shape index (κ3) is 3.22. The molecule has 0 heterocycles. The summed E-state index contributed by atoms with van der Waals surface area (Å²) in [5.41, 5.74) is 6.73. The lowest BCUT2D eigenvalue weighted by atomic mass is 10.1. The summed E-state index contributed by atoms with van der Waals surface area (Å²) in [4.78, 5) is 0. The highest BCUT2D eigenvalue weighted by Gasteiger charge is 2.25. The summed E-state index contributed by atoms with van der Waals surface area (Å²) < 4.78 is 10.8. The maximum atomic E-state index is 10.1. The van der Waals surface area contributed by atoms with Gasteiger partial charge in [0.05, 0.1) is 19.8 Å². The molecule has 0 radical (unpaired) electrons. The largest absolute Gasteiger partial charge is 0.497 e. The molecule has 0 spiro atoms. The molecule has 3 N–H and O–H groups in total. The highest BCUT2D eigenvalue weighted by atomic mass is 16.5. The fourth-order valence-corrected chi connectivity index (χ4v) is 2.32. The molecule has 18 heavy (non-hydrogen) atoms. The lowest BCUT2D eigenvalue weighted by molar-refractivity contribution is -0.0130. The van der Waals surface area contributed by atoms with E-state index in [1.807, 2.05) is 24.3 Å². The average Bonchev–Trinajstić information content (AvgIpc) is 2.81. The first-order valence-electron chi connectivity index (χ1n) is 6.40. The minimum atomic E-state index is -0.632. The quantitative estimate of drug-likeness (QED) is 0.834. The Morgan fingerprint density at radius 3 is 2.94 bits per heavy atom. The Morgan fingerprint density at radius 1 is 1.44 bits per heavy atom. The SMILES string of the molecule is COc1cccc(C(O)COC2CCCC2N)c1. The summed E-state index contributed by atoms with van der Waals surface area (Å²) in [6.45, 7) is 0.283. The predicted molar refractivity (Wildman–Crippen MR) is 69.5 cm³/mol. The standard InChI is InChI=1S/C14H21NO3/c1-17-11-5-2-4-10(8-11)13(16)9-18-14-7-3-6-12(14)15/h2,4-5,8,12-14,16H,3,6-7,9,15H2,1H3. The van der Waals surface area contributed by atoms with E-state index in [2.05, 4.69) is 0 Å². The monoisotopic (exact) mass is 251 g/mol. The smallest absolute Gasteiger partial charge is 0.119 e. The second kappa shape index (κ2) is 6.18. The fourth-order valence-electron chi connectivity index (χ4n) is 2.32. The van der Waals surface area contributed by atoms with Gasteiger partial charge in [0.2, 0.25) is 0 Å². The highest BCUT2D eigenvalue weighted by Crippen LogP contribution is 2.23. The summed E-state index contributed by atoms with van der Waals surface area (Å²) in [7, 11) is 1.61. The van der Waals surface area contributed by atoms with E-state index < -0.39 is 6.10 Å². The van der Waals surface area contributed by atoms with Gasteiger partial charge in [-0.3, -0.25) is 0 Å². The van der Waals surface area contributed by atoms with Crippen molar-refractivity contribution in [3.8, 4) is 5.75 Å². The molecule has 0 aliphatic heterocycles. The average molecular weight is 251 g/mol. The normalized spacial score (nSPS) is 25.1. The van der Waals surface area contributed by atoms with Crippen molar-refractivity contribution in [3.05, 3.63) is 29.8 Å². The summed E-state index contributed by atoms with van der Waals surface area (Å²) in [5, 5.41) is 10.1. The lowest BCUT2D eigenvalue weighted by Gasteiger charge is -2.19. The number of hydrogen-bond acceptors (Lipinski definition) is 4. The molecule has 1 aliphatic carbocycles. The van der Waals surface area contributed by atoms with Crippen LogP contribution in [0.2, 0.25) is 0 Å². The first kappa shape index (κ1) is 13.3. The van der Waals surface area contributed by atoms with Crippen molar-refractivity contribution in [2.45, 2.75) is 37.5 Å². The molecule has 0 bridgehead atoms. The second-order valence-corrected chi connectivity index (χ2v) is 4.76. The number of benzene rings is 1. The molecular formula is C14H21NO3. The van der Waals surface area contributed by atoms with Crippen LogP contribution in [0.15, 0.2) is 24.3 Å².